The van der Waals surface area contributed by atoms with Crippen LogP contribution in [0.2, 0.25) is 5.02 Å². The normalized spacial score (nSPS) is 10.4. The van der Waals surface area contributed by atoms with Crippen molar-refractivity contribution >= 4 is 11.6 Å². The Hall–Kier alpha value is -1.54. The quantitative estimate of drug-likeness (QED) is 0.788. The molecular formula is C13H10ClFO. The zero-order valence-electron chi connectivity index (χ0n) is 8.67. The molecule has 0 saturated heterocycles. The number of benzene rings is 2. The molecule has 0 aliphatic rings. The first kappa shape index (κ1) is 11.0. The maximum Gasteiger partial charge on any atom is 0.124 e. The van der Waals surface area contributed by atoms with E-state index in [-0.39, 0.29) is 11.6 Å². The highest BCUT2D eigenvalue weighted by atomic mass is 35.5. The fraction of sp³-hybridized carbons (Fsp3) is 0.0769. The highest BCUT2D eigenvalue weighted by Crippen LogP contribution is 2.31. The average molecular weight is 237 g/mol. The van der Waals surface area contributed by atoms with Crippen molar-refractivity contribution in [3.63, 3.8) is 0 Å². The third kappa shape index (κ3) is 2.02. The Kier molecular flexibility index (Phi) is 2.84. The van der Waals surface area contributed by atoms with E-state index in [0.29, 0.717) is 5.02 Å². The van der Waals surface area contributed by atoms with E-state index >= 15 is 0 Å². The van der Waals surface area contributed by atoms with Gasteiger partial charge in [-0.05, 0) is 48.4 Å². The maximum atomic E-state index is 12.9. The van der Waals surface area contributed by atoms with E-state index in [1.807, 2.05) is 6.07 Å². The molecule has 0 saturated carbocycles. The number of halogens is 2. The van der Waals surface area contributed by atoms with Gasteiger partial charge in [0.15, 0.2) is 0 Å². The standard InChI is InChI=1S/C13H10ClFO/c1-8-6-9(2-5-13(8)16)11-4-3-10(15)7-12(11)14/h2-7,16H,1H3. The van der Waals surface area contributed by atoms with Crippen molar-refractivity contribution in [2.24, 2.45) is 0 Å². The zero-order chi connectivity index (χ0) is 11.7. The van der Waals surface area contributed by atoms with Gasteiger partial charge >= 0.3 is 0 Å². The average Bonchev–Trinajstić information content (AvgIpc) is 2.22. The number of phenols is 1. The number of rotatable bonds is 1. The van der Waals surface area contributed by atoms with Crippen LogP contribution in [0, 0.1) is 12.7 Å². The van der Waals surface area contributed by atoms with E-state index in [0.717, 1.165) is 16.7 Å². The zero-order valence-corrected chi connectivity index (χ0v) is 9.42. The van der Waals surface area contributed by atoms with Gasteiger partial charge in [-0.25, -0.2) is 4.39 Å². The molecule has 0 aliphatic heterocycles. The Labute approximate surface area is 98.1 Å². The van der Waals surface area contributed by atoms with Crippen LogP contribution >= 0.6 is 11.6 Å². The van der Waals surface area contributed by atoms with Crippen molar-refractivity contribution < 1.29 is 9.50 Å². The van der Waals surface area contributed by atoms with Gasteiger partial charge in [0.05, 0.1) is 5.02 Å². The van der Waals surface area contributed by atoms with Gasteiger partial charge in [0.1, 0.15) is 11.6 Å². The smallest absolute Gasteiger partial charge is 0.124 e. The molecule has 0 aliphatic carbocycles. The van der Waals surface area contributed by atoms with Crippen LogP contribution in [0.1, 0.15) is 5.56 Å². The maximum absolute atomic E-state index is 12.9. The summed E-state index contributed by atoms with van der Waals surface area (Å²) < 4.78 is 12.9. The van der Waals surface area contributed by atoms with Gasteiger partial charge in [-0.3, -0.25) is 0 Å². The molecule has 82 valence electrons. The van der Waals surface area contributed by atoms with Crippen molar-refractivity contribution in [3.8, 4) is 16.9 Å². The fourth-order valence-corrected chi connectivity index (χ4v) is 1.82. The summed E-state index contributed by atoms with van der Waals surface area (Å²) in [5.74, 6) is -0.119. The summed E-state index contributed by atoms with van der Waals surface area (Å²) >= 11 is 5.95. The minimum absolute atomic E-state index is 0.238. The summed E-state index contributed by atoms with van der Waals surface area (Å²) in [6, 6.07) is 9.44. The van der Waals surface area contributed by atoms with E-state index in [4.69, 9.17) is 11.6 Å². The van der Waals surface area contributed by atoms with Crippen LogP contribution in [-0.2, 0) is 0 Å². The summed E-state index contributed by atoms with van der Waals surface area (Å²) in [5, 5.41) is 9.78. The molecule has 0 fully saturated rings. The number of aryl methyl sites for hydroxylation is 1. The molecule has 1 N–H and O–H groups in total. The topological polar surface area (TPSA) is 20.2 Å². The first-order chi connectivity index (χ1) is 7.58. The van der Waals surface area contributed by atoms with E-state index in [9.17, 15) is 9.50 Å². The summed E-state index contributed by atoms with van der Waals surface area (Å²) in [6.07, 6.45) is 0. The third-order valence-corrected chi connectivity index (χ3v) is 2.75. The molecule has 2 rings (SSSR count). The van der Waals surface area contributed by atoms with Crippen molar-refractivity contribution in [2.45, 2.75) is 6.92 Å². The van der Waals surface area contributed by atoms with Crippen LogP contribution in [0.15, 0.2) is 36.4 Å². The molecule has 0 aromatic heterocycles. The highest BCUT2D eigenvalue weighted by Gasteiger charge is 2.06. The van der Waals surface area contributed by atoms with Gasteiger partial charge in [-0.15, -0.1) is 0 Å². The number of aromatic hydroxyl groups is 1. The lowest BCUT2D eigenvalue weighted by Gasteiger charge is -2.06. The lowest BCUT2D eigenvalue weighted by Crippen LogP contribution is -1.83. The number of hydrogen-bond donors (Lipinski definition) is 1. The monoisotopic (exact) mass is 236 g/mol. The summed E-state index contributed by atoms with van der Waals surface area (Å²) in [5.41, 5.74) is 2.38. The lowest BCUT2D eigenvalue weighted by atomic mass is 10.0. The Morgan fingerprint density at radius 1 is 1.12 bits per heavy atom. The molecule has 0 bridgehead atoms. The van der Waals surface area contributed by atoms with Crippen LogP contribution < -0.4 is 0 Å². The van der Waals surface area contributed by atoms with E-state index in [1.54, 1.807) is 25.1 Å². The number of hydrogen-bond acceptors (Lipinski definition) is 1. The van der Waals surface area contributed by atoms with Crippen molar-refractivity contribution in [2.75, 3.05) is 0 Å². The van der Waals surface area contributed by atoms with Crippen LogP contribution in [0.3, 0.4) is 0 Å². The largest absolute Gasteiger partial charge is 0.508 e. The molecule has 1 nitrogen and oxygen atoms in total. The molecule has 2 aromatic rings. The van der Waals surface area contributed by atoms with Gasteiger partial charge in [-0.1, -0.05) is 17.7 Å². The molecular weight excluding hydrogens is 227 g/mol. The van der Waals surface area contributed by atoms with Crippen LogP contribution in [0.25, 0.3) is 11.1 Å². The van der Waals surface area contributed by atoms with Gasteiger partial charge in [0, 0.05) is 5.56 Å². The summed E-state index contributed by atoms with van der Waals surface area (Å²) in [6.45, 7) is 1.80. The Balaban J connectivity index is 2.54. The van der Waals surface area contributed by atoms with Crippen LogP contribution in [-0.4, -0.2) is 5.11 Å². The van der Waals surface area contributed by atoms with Crippen molar-refractivity contribution in [3.05, 3.63) is 52.8 Å². The van der Waals surface area contributed by atoms with Gasteiger partial charge in [-0.2, -0.15) is 0 Å². The molecule has 0 unspecified atom stereocenters. The minimum Gasteiger partial charge on any atom is -0.508 e. The molecule has 3 heteroatoms. The second kappa shape index (κ2) is 4.14. The second-order valence-electron chi connectivity index (χ2n) is 3.63. The lowest BCUT2D eigenvalue weighted by molar-refractivity contribution is 0.471. The SMILES string of the molecule is Cc1cc(-c2ccc(F)cc2Cl)ccc1O. The second-order valence-corrected chi connectivity index (χ2v) is 4.03. The predicted octanol–water partition coefficient (Wildman–Crippen LogP) is 4.16. The van der Waals surface area contributed by atoms with Gasteiger partial charge < -0.3 is 5.11 Å². The van der Waals surface area contributed by atoms with Crippen LogP contribution in [0.4, 0.5) is 4.39 Å². The van der Waals surface area contributed by atoms with Gasteiger partial charge in [0.25, 0.3) is 0 Å². The van der Waals surface area contributed by atoms with Gasteiger partial charge in [0.2, 0.25) is 0 Å². The number of phenolic OH excluding ortho intramolecular Hbond substituents is 1. The predicted molar refractivity (Wildman–Crippen MR) is 63.2 cm³/mol. The fourth-order valence-electron chi connectivity index (χ4n) is 1.55. The Morgan fingerprint density at radius 3 is 2.50 bits per heavy atom. The molecule has 2 aromatic carbocycles. The van der Waals surface area contributed by atoms with E-state index in [1.165, 1.54) is 12.1 Å². The third-order valence-electron chi connectivity index (χ3n) is 2.44. The first-order valence-corrected chi connectivity index (χ1v) is 5.21. The molecule has 0 amide bonds. The van der Waals surface area contributed by atoms with Crippen molar-refractivity contribution in [1.82, 2.24) is 0 Å². The minimum atomic E-state index is -0.357. The Bertz CT molecular complexity index is 537. The van der Waals surface area contributed by atoms with E-state index < -0.39 is 0 Å². The highest BCUT2D eigenvalue weighted by molar-refractivity contribution is 6.33. The molecule has 0 heterocycles. The molecule has 0 spiro atoms. The molecule has 16 heavy (non-hydrogen) atoms. The molecule has 0 radical (unpaired) electrons. The molecule has 0 atom stereocenters. The van der Waals surface area contributed by atoms with Crippen molar-refractivity contribution in [1.29, 1.82) is 0 Å². The summed E-state index contributed by atoms with van der Waals surface area (Å²) in [4.78, 5) is 0. The summed E-state index contributed by atoms with van der Waals surface area (Å²) in [7, 11) is 0. The first-order valence-electron chi connectivity index (χ1n) is 4.83. The van der Waals surface area contributed by atoms with Crippen LogP contribution in [0.5, 0.6) is 5.75 Å². The van der Waals surface area contributed by atoms with E-state index in [2.05, 4.69) is 0 Å². The Morgan fingerprint density at radius 2 is 1.88 bits per heavy atom.